The number of rotatable bonds is 4. The van der Waals surface area contributed by atoms with Crippen molar-refractivity contribution in [1.29, 1.82) is 0 Å². The zero-order valence-corrected chi connectivity index (χ0v) is 13.4. The van der Waals surface area contributed by atoms with Gasteiger partial charge >= 0.3 is 0 Å². The van der Waals surface area contributed by atoms with Crippen LogP contribution in [0, 0.1) is 12.8 Å². The van der Waals surface area contributed by atoms with Crippen molar-refractivity contribution in [3.05, 3.63) is 34.9 Å². The molecule has 0 radical (unpaired) electrons. The number of aryl methyl sites for hydroxylation is 1. The quantitative estimate of drug-likeness (QED) is 0.296. The second-order valence-corrected chi connectivity index (χ2v) is 5.69. The number of hydrazine groups is 1. The minimum absolute atomic E-state index is 0.596. The Hall–Kier alpha value is -1.59. The van der Waals surface area contributed by atoms with Gasteiger partial charge in [0.25, 0.3) is 0 Å². The van der Waals surface area contributed by atoms with Crippen molar-refractivity contribution in [3.63, 3.8) is 0 Å². The molecule has 0 aliphatic carbocycles. The molecular formula is C16H29N5. The highest BCUT2D eigenvalue weighted by atomic mass is 15.3. The fourth-order valence-corrected chi connectivity index (χ4v) is 2.50. The lowest BCUT2D eigenvalue weighted by Crippen LogP contribution is -2.32. The van der Waals surface area contributed by atoms with E-state index in [1.54, 1.807) is 0 Å². The molecule has 0 fully saturated rings. The van der Waals surface area contributed by atoms with Crippen LogP contribution in [0.25, 0.3) is 0 Å². The van der Waals surface area contributed by atoms with Crippen LogP contribution >= 0.6 is 0 Å². The number of hydrogen-bond donors (Lipinski definition) is 4. The molecule has 21 heavy (non-hydrogen) atoms. The van der Waals surface area contributed by atoms with Crippen molar-refractivity contribution < 1.29 is 0 Å². The predicted molar refractivity (Wildman–Crippen MR) is 89.4 cm³/mol. The van der Waals surface area contributed by atoms with Gasteiger partial charge in [0.1, 0.15) is 5.84 Å². The van der Waals surface area contributed by atoms with Crippen molar-refractivity contribution in [2.24, 2.45) is 22.7 Å². The summed E-state index contributed by atoms with van der Waals surface area (Å²) in [7, 11) is 0. The maximum atomic E-state index is 5.17. The summed E-state index contributed by atoms with van der Waals surface area (Å²) < 4.78 is 0. The normalized spacial score (nSPS) is 15.0. The van der Waals surface area contributed by atoms with Crippen molar-refractivity contribution in [2.45, 2.75) is 53.1 Å². The Morgan fingerprint density at radius 3 is 2.71 bits per heavy atom. The summed E-state index contributed by atoms with van der Waals surface area (Å²) in [4.78, 5) is 0. The first-order valence-electron chi connectivity index (χ1n) is 7.63. The van der Waals surface area contributed by atoms with Gasteiger partial charge < -0.3 is 16.6 Å². The number of hydrogen-bond acceptors (Lipinski definition) is 4. The molecule has 5 nitrogen and oxygen atoms in total. The van der Waals surface area contributed by atoms with Crippen LogP contribution in [0.4, 0.5) is 0 Å². The van der Waals surface area contributed by atoms with Crippen molar-refractivity contribution in [1.82, 2.24) is 10.7 Å². The van der Waals surface area contributed by atoms with E-state index in [4.69, 9.17) is 11.7 Å². The van der Waals surface area contributed by atoms with E-state index >= 15 is 0 Å². The Labute approximate surface area is 128 Å². The van der Waals surface area contributed by atoms with Crippen molar-refractivity contribution >= 4 is 5.84 Å². The lowest BCUT2D eigenvalue weighted by atomic mass is 10.0. The minimum atomic E-state index is 0.596. The van der Waals surface area contributed by atoms with E-state index in [2.05, 4.69) is 54.8 Å². The molecule has 0 spiro atoms. The molecule has 0 saturated heterocycles. The molecule has 0 aromatic heterocycles. The Balaban J connectivity index is 0.000000210. The number of nitrogens with one attached hydrogen (secondary N) is 2. The lowest BCUT2D eigenvalue weighted by Gasteiger charge is -2.10. The maximum absolute atomic E-state index is 5.17. The van der Waals surface area contributed by atoms with Crippen LogP contribution in [0.3, 0.4) is 0 Å². The second-order valence-electron chi connectivity index (χ2n) is 5.69. The molecule has 0 amide bonds. The molecule has 6 N–H and O–H groups in total. The molecule has 0 bridgehead atoms. The van der Waals surface area contributed by atoms with E-state index in [1.807, 2.05) is 0 Å². The Bertz CT molecular complexity index is 456. The third kappa shape index (κ3) is 6.14. The van der Waals surface area contributed by atoms with Crippen LogP contribution in [-0.4, -0.2) is 5.84 Å². The molecule has 1 heterocycles. The monoisotopic (exact) mass is 291 g/mol. The summed E-state index contributed by atoms with van der Waals surface area (Å²) in [6.07, 6.45) is 3.20. The molecule has 118 valence electrons. The van der Waals surface area contributed by atoms with E-state index in [1.165, 1.54) is 29.5 Å². The van der Waals surface area contributed by atoms with Gasteiger partial charge in [-0.25, -0.2) is 5.84 Å². The van der Waals surface area contributed by atoms with Gasteiger partial charge in [-0.05, 0) is 24.0 Å². The molecule has 1 aliphatic heterocycles. The van der Waals surface area contributed by atoms with Gasteiger partial charge in [0.2, 0.25) is 0 Å². The van der Waals surface area contributed by atoms with Gasteiger partial charge in [0.15, 0.2) is 0 Å². The fourth-order valence-electron chi connectivity index (χ4n) is 2.50. The number of fused-ring (bicyclic) bond motifs is 1. The van der Waals surface area contributed by atoms with Crippen LogP contribution in [0.2, 0.25) is 0 Å². The average Bonchev–Trinajstić information content (AvgIpc) is 2.93. The molecule has 5 heteroatoms. The third-order valence-corrected chi connectivity index (χ3v) is 3.64. The van der Waals surface area contributed by atoms with E-state index in [0.29, 0.717) is 11.8 Å². The summed E-state index contributed by atoms with van der Waals surface area (Å²) in [6, 6.07) is 6.64. The average molecular weight is 291 g/mol. The summed E-state index contributed by atoms with van der Waals surface area (Å²) in [5.74, 6) is 11.5. The largest absolute Gasteiger partial charge is 0.322 e. The van der Waals surface area contributed by atoms with Gasteiger partial charge in [-0.2, -0.15) is 5.10 Å². The van der Waals surface area contributed by atoms with Crippen molar-refractivity contribution in [2.75, 3.05) is 0 Å². The van der Waals surface area contributed by atoms with E-state index in [-0.39, 0.29) is 0 Å². The maximum Gasteiger partial charge on any atom is 0.136 e. The first-order valence-corrected chi connectivity index (χ1v) is 7.63. The Morgan fingerprint density at radius 1 is 1.38 bits per heavy atom. The van der Waals surface area contributed by atoms with Gasteiger partial charge in [0.05, 0.1) is 0 Å². The molecule has 1 aromatic rings. The molecule has 0 saturated carbocycles. The van der Waals surface area contributed by atoms with E-state index in [0.717, 1.165) is 19.5 Å². The van der Waals surface area contributed by atoms with Crippen LogP contribution in [0.15, 0.2) is 23.3 Å². The molecule has 2 rings (SSSR count). The van der Waals surface area contributed by atoms with Gasteiger partial charge in [-0.3, -0.25) is 0 Å². The first-order chi connectivity index (χ1) is 10.1. The Morgan fingerprint density at radius 2 is 2.10 bits per heavy atom. The van der Waals surface area contributed by atoms with Crippen LogP contribution in [0.5, 0.6) is 0 Å². The van der Waals surface area contributed by atoms with Gasteiger partial charge in [0, 0.05) is 19.5 Å². The molecule has 1 aliphatic rings. The number of hydrazone groups is 1. The summed E-state index contributed by atoms with van der Waals surface area (Å²) in [5.41, 5.74) is 6.77. The van der Waals surface area contributed by atoms with Crippen LogP contribution in [0.1, 0.15) is 49.8 Å². The summed E-state index contributed by atoms with van der Waals surface area (Å²) in [5, 5.41) is 6.82. The fraction of sp³-hybridized carbons (Fsp3) is 0.562. The van der Waals surface area contributed by atoms with Crippen molar-refractivity contribution in [3.8, 4) is 0 Å². The summed E-state index contributed by atoms with van der Waals surface area (Å²) in [6.45, 7) is 8.56. The Kier molecular flexibility index (Phi) is 7.79. The zero-order chi connectivity index (χ0) is 15.7. The van der Waals surface area contributed by atoms with Crippen LogP contribution < -0.4 is 22.4 Å². The number of nitrogens with two attached hydrogens (primary N) is 2. The standard InChI is InChI=1S/C9H11N.C7H18N4/c1-7-2-3-8-5-10-6-9(8)4-7;1-3-4-6(2)5-7(10-8)11-9/h2-4,10H,5-6H2,1H3;6H,3-5,8-9H2,1-2H3,(H,10,11). The molecule has 1 unspecified atom stereocenters. The minimum Gasteiger partial charge on any atom is -0.322 e. The number of benzene rings is 1. The highest BCUT2D eigenvalue weighted by Gasteiger charge is 2.07. The molecule has 1 aromatic carbocycles. The first kappa shape index (κ1) is 17.5. The predicted octanol–water partition coefficient (Wildman–Crippen LogP) is 2.15. The highest BCUT2D eigenvalue weighted by molar-refractivity contribution is 5.81. The molecular weight excluding hydrogens is 262 g/mol. The zero-order valence-electron chi connectivity index (χ0n) is 13.4. The smallest absolute Gasteiger partial charge is 0.136 e. The lowest BCUT2D eigenvalue weighted by molar-refractivity contribution is 0.538. The van der Waals surface area contributed by atoms with Gasteiger partial charge in [-0.1, -0.05) is 50.5 Å². The van der Waals surface area contributed by atoms with E-state index in [9.17, 15) is 0 Å². The third-order valence-electron chi connectivity index (χ3n) is 3.64. The highest BCUT2D eigenvalue weighted by Crippen LogP contribution is 2.15. The van der Waals surface area contributed by atoms with Crippen LogP contribution in [-0.2, 0) is 13.1 Å². The number of nitrogens with zero attached hydrogens (tertiary/aromatic N) is 1. The molecule has 1 atom stereocenters. The topological polar surface area (TPSA) is 88.5 Å². The summed E-state index contributed by atoms with van der Waals surface area (Å²) >= 11 is 0. The second kappa shape index (κ2) is 9.37. The SMILES string of the molecule is CCCC(C)C/C(=N/N)NN.Cc1ccc2c(c1)CNC2. The van der Waals surface area contributed by atoms with E-state index < -0.39 is 0 Å². The number of amidine groups is 1. The van der Waals surface area contributed by atoms with Gasteiger partial charge in [-0.15, -0.1) is 0 Å².